The number of allylic oxidation sites excluding steroid dienone is 1. The first-order chi connectivity index (χ1) is 7.38. The Kier molecular flexibility index (Phi) is 4.24. The molecule has 0 atom stereocenters. The number of ether oxygens (including phenoxy) is 1. The lowest BCUT2D eigenvalue weighted by Crippen LogP contribution is -2.18. The molecule has 0 saturated heterocycles. The fourth-order valence-corrected chi connectivity index (χ4v) is 1.30. The largest absolute Gasteiger partial charge is 0.573 e. The minimum absolute atomic E-state index is 0.187. The van der Waals surface area contributed by atoms with E-state index in [2.05, 4.69) is 11.3 Å². The number of hydrogen-bond donors (Lipinski definition) is 0. The summed E-state index contributed by atoms with van der Waals surface area (Å²) >= 11 is 5.56. The molecule has 0 amide bonds. The Labute approximate surface area is 96.5 Å². The summed E-state index contributed by atoms with van der Waals surface area (Å²) in [7, 11) is 0. The smallest absolute Gasteiger partial charge is 0.406 e. The van der Waals surface area contributed by atoms with E-state index in [-0.39, 0.29) is 5.75 Å². The van der Waals surface area contributed by atoms with Crippen molar-refractivity contribution in [3.05, 3.63) is 41.4 Å². The highest BCUT2D eigenvalue weighted by molar-refractivity contribution is 6.29. The Morgan fingerprint density at radius 1 is 1.31 bits per heavy atom. The zero-order valence-electron chi connectivity index (χ0n) is 8.35. The third kappa shape index (κ3) is 4.57. The van der Waals surface area contributed by atoms with Crippen LogP contribution in [0, 0.1) is 0 Å². The van der Waals surface area contributed by atoms with Gasteiger partial charge in [0.1, 0.15) is 5.75 Å². The molecule has 0 unspecified atom stereocenters. The first kappa shape index (κ1) is 12.9. The van der Waals surface area contributed by atoms with Gasteiger partial charge in [-0.05, 0) is 24.5 Å². The second-order valence-electron chi connectivity index (χ2n) is 3.17. The van der Waals surface area contributed by atoms with Crippen LogP contribution in [0.5, 0.6) is 5.75 Å². The van der Waals surface area contributed by atoms with Crippen molar-refractivity contribution in [2.24, 2.45) is 0 Å². The Balaban J connectivity index is 2.79. The lowest BCUT2D eigenvalue weighted by atomic mass is 10.1. The van der Waals surface area contributed by atoms with Crippen LogP contribution in [0.25, 0.3) is 0 Å². The Morgan fingerprint density at radius 3 is 2.50 bits per heavy atom. The highest BCUT2D eigenvalue weighted by Gasteiger charge is 2.31. The molecule has 0 aromatic heterocycles. The molecule has 0 spiro atoms. The first-order valence-corrected chi connectivity index (χ1v) is 4.93. The number of rotatable bonds is 4. The molecule has 0 radical (unpaired) electrons. The lowest BCUT2D eigenvalue weighted by molar-refractivity contribution is -0.274. The SMILES string of the molecule is C=C(Cl)CCc1ccccc1OC(F)(F)F. The maximum atomic E-state index is 12.1. The van der Waals surface area contributed by atoms with Crippen LogP contribution >= 0.6 is 11.6 Å². The number of aryl methyl sites for hydroxylation is 1. The van der Waals surface area contributed by atoms with Crippen molar-refractivity contribution in [2.45, 2.75) is 19.2 Å². The van der Waals surface area contributed by atoms with E-state index in [1.165, 1.54) is 12.1 Å². The number of benzene rings is 1. The van der Waals surface area contributed by atoms with Crippen molar-refractivity contribution in [1.29, 1.82) is 0 Å². The van der Waals surface area contributed by atoms with E-state index in [9.17, 15) is 13.2 Å². The van der Waals surface area contributed by atoms with Crippen molar-refractivity contribution in [2.75, 3.05) is 0 Å². The third-order valence-corrected chi connectivity index (χ3v) is 2.05. The van der Waals surface area contributed by atoms with Gasteiger partial charge in [0, 0.05) is 5.03 Å². The maximum absolute atomic E-state index is 12.1. The van der Waals surface area contributed by atoms with E-state index in [0.717, 1.165) is 0 Å². The third-order valence-electron chi connectivity index (χ3n) is 1.86. The highest BCUT2D eigenvalue weighted by Crippen LogP contribution is 2.27. The molecule has 0 saturated carbocycles. The van der Waals surface area contributed by atoms with Gasteiger partial charge in [0.15, 0.2) is 0 Å². The molecule has 0 N–H and O–H groups in total. The summed E-state index contributed by atoms with van der Waals surface area (Å²) in [6.07, 6.45) is -3.89. The lowest BCUT2D eigenvalue weighted by Gasteiger charge is -2.12. The molecule has 0 aliphatic carbocycles. The minimum Gasteiger partial charge on any atom is -0.406 e. The van der Waals surface area contributed by atoms with Gasteiger partial charge >= 0.3 is 6.36 Å². The van der Waals surface area contributed by atoms with Gasteiger partial charge in [0.05, 0.1) is 0 Å². The van der Waals surface area contributed by atoms with E-state index < -0.39 is 6.36 Å². The molecular formula is C11H10ClF3O. The quantitative estimate of drug-likeness (QED) is 0.775. The summed E-state index contributed by atoms with van der Waals surface area (Å²) in [6, 6.07) is 5.98. The topological polar surface area (TPSA) is 9.23 Å². The van der Waals surface area contributed by atoms with Crippen LogP contribution in [0.1, 0.15) is 12.0 Å². The van der Waals surface area contributed by atoms with Gasteiger partial charge in [0.2, 0.25) is 0 Å². The number of halogens is 4. The van der Waals surface area contributed by atoms with Crippen LogP contribution in [0.3, 0.4) is 0 Å². The molecule has 1 aromatic carbocycles. The Morgan fingerprint density at radius 2 is 1.94 bits per heavy atom. The van der Waals surface area contributed by atoms with Crippen molar-refractivity contribution < 1.29 is 17.9 Å². The molecular weight excluding hydrogens is 241 g/mol. The van der Waals surface area contributed by atoms with E-state index in [0.29, 0.717) is 23.4 Å². The van der Waals surface area contributed by atoms with Crippen LogP contribution in [0.2, 0.25) is 0 Å². The number of para-hydroxylation sites is 1. The van der Waals surface area contributed by atoms with Crippen LogP contribution in [-0.2, 0) is 6.42 Å². The number of hydrogen-bond acceptors (Lipinski definition) is 1. The first-order valence-electron chi connectivity index (χ1n) is 4.55. The van der Waals surface area contributed by atoms with Gasteiger partial charge in [-0.2, -0.15) is 0 Å². The molecule has 16 heavy (non-hydrogen) atoms. The summed E-state index contributed by atoms with van der Waals surface area (Å²) < 4.78 is 40.1. The Hall–Kier alpha value is -1.16. The minimum atomic E-state index is -4.67. The van der Waals surface area contributed by atoms with E-state index in [1.54, 1.807) is 12.1 Å². The van der Waals surface area contributed by atoms with Crippen molar-refractivity contribution >= 4 is 11.6 Å². The van der Waals surface area contributed by atoms with Crippen LogP contribution in [-0.4, -0.2) is 6.36 Å². The summed E-state index contributed by atoms with van der Waals surface area (Å²) in [5.74, 6) is -0.187. The fraction of sp³-hybridized carbons (Fsp3) is 0.273. The zero-order chi connectivity index (χ0) is 12.2. The molecule has 0 bridgehead atoms. The van der Waals surface area contributed by atoms with E-state index in [1.807, 2.05) is 0 Å². The van der Waals surface area contributed by atoms with E-state index in [4.69, 9.17) is 11.6 Å². The zero-order valence-corrected chi connectivity index (χ0v) is 9.11. The Bertz CT molecular complexity index is 374. The van der Waals surface area contributed by atoms with Gasteiger partial charge in [-0.25, -0.2) is 0 Å². The predicted molar refractivity (Wildman–Crippen MR) is 56.4 cm³/mol. The fourth-order valence-electron chi connectivity index (χ4n) is 1.20. The van der Waals surface area contributed by atoms with Gasteiger partial charge in [-0.1, -0.05) is 36.4 Å². The van der Waals surface area contributed by atoms with Crippen LogP contribution in [0.4, 0.5) is 13.2 Å². The van der Waals surface area contributed by atoms with Gasteiger partial charge in [-0.3, -0.25) is 0 Å². The molecule has 1 nitrogen and oxygen atoms in total. The van der Waals surface area contributed by atoms with Crippen molar-refractivity contribution in [3.63, 3.8) is 0 Å². The average Bonchev–Trinajstić information content (AvgIpc) is 2.14. The monoisotopic (exact) mass is 250 g/mol. The van der Waals surface area contributed by atoms with Crippen molar-refractivity contribution in [3.8, 4) is 5.75 Å². The molecule has 0 fully saturated rings. The normalized spacial score (nSPS) is 11.2. The summed E-state index contributed by atoms with van der Waals surface area (Å²) in [4.78, 5) is 0. The molecule has 0 aliphatic heterocycles. The summed E-state index contributed by atoms with van der Waals surface area (Å²) in [6.45, 7) is 3.48. The van der Waals surface area contributed by atoms with Crippen LogP contribution < -0.4 is 4.74 Å². The molecule has 88 valence electrons. The molecule has 0 heterocycles. The number of alkyl halides is 3. The second kappa shape index (κ2) is 5.25. The molecule has 0 aliphatic rings. The highest BCUT2D eigenvalue weighted by atomic mass is 35.5. The predicted octanol–water partition coefficient (Wildman–Crippen LogP) is 4.27. The van der Waals surface area contributed by atoms with E-state index >= 15 is 0 Å². The van der Waals surface area contributed by atoms with Crippen LogP contribution in [0.15, 0.2) is 35.9 Å². The van der Waals surface area contributed by atoms with Gasteiger partial charge < -0.3 is 4.74 Å². The standard InChI is InChI=1S/C11H10ClF3O/c1-8(12)6-7-9-4-2-3-5-10(9)16-11(13,14)15/h2-5H,1,6-7H2. The van der Waals surface area contributed by atoms with Gasteiger partial charge in [-0.15, -0.1) is 13.2 Å². The molecule has 1 rings (SSSR count). The van der Waals surface area contributed by atoms with Crippen molar-refractivity contribution in [1.82, 2.24) is 0 Å². The average molecular weight is 251 g/mol. The second-order valence-corrected chi connectivity index (χ2v) is 3.71. The maximum Gasteiger partial charge on any atom is 0.573 e. The summed E-state index contributed by atoms with van der Waals surface area (Å²) in [5, 5.41) is 0.404. The molecule has 5 heteroatoms. The van der Waals surface area contributed by atoms with Gasteiger partial charge in [0.25, 0.3) is 0 Å². The summed E-state index contributed by atoms with van der Waals surface area (Å²) in [5.41, 5.74) is 0.460. The molecule has 1 aromatic rings.